The lowest BCUT2D eigenvalue weighted by Gasteiger charge is -2.07. The molecule has 1 aromatic heterocycles. The van der Waals surface area contributed by atoms with E-state index in [4.69, 9.17) is 18.9 Å². The van der Waals surface area contributed by atoms with Gasteiger partial charge in [0.2, 0.25) is 5.91 Å². The van der Waals surface area contributed by atoms with E-state index in [2.05, 4.69) is 5.32 Å². The summed E-state index contributed by atoms with van der Waals surface area (Å²) in [6.07, 6.45) is 2.86. The van der Waals surface area contributed by atoms with Gasteiger partial charge >= 0.3 is 11.9 Å². The van der Waals surface area contributed by atoms with Crippen LogP contribution >= 0.6 is 11.3 Å². The van der Waals surface area contributed by atoms with E-state index >= 15 is 0 Å². The monoisotopic (exact) mass is 447 g/mol. The van der Waals surface area contributed by atoms with Crippen LogP contribution in [0.15, 0.2) is 24.3 Å². The van der Waals surface area contributed by atoms with Crippen molar-refractivity contribution in [3.8, 4) is 11.5 Å². The highest BCUT2D eigenvalue weighted by Gasteiger charge is 2.27. The van der Waals surface area contributed by atoms with Crippen molar-refractivity contribution in [1.82, 2.24) is 0 Å². The van der Waals surface area contributed by atoms with Crippen molar-refractivity contribution in [2.24, 2.45) is 0 Å². The second-order valence-electron chi connectivity index (χ2n) is 6.13. The summed E-state index contributed by atoms with van der Waals surface area (Å²) < 4.78 is 20.6. The zero-order valence-electron chi connectivity index (χ0n) is 18.1. The Morgan fingerprint density at radius 3 is 2.32 bits per heavy atom. The molecule has 1 aromatic carbocycles. The van der Waals surface area contributed by atoms with E-state index in [1.165, 1.54) is 13.2 Å². The number of methoxy groups -OCH3 is 2. The largest absolute Gasteiger partial charge is 0.497 e. The number of carbonyl (C=O) groups excluding carboxylic acids is 3. The van der Waals surface area contributed by atoms with Crippen LogP contribution in [0.2, 0.25) is 0 Å². The number of thiophene rings is 1. The number of anilines is 1. The smallest absolute Gasteiger partial charge is 0.348 e. The van der Waals surface area contributed by atoms with Crippen LogP contribution in [0.3, 0.4) is 0 Å². The molecule has 0 saturated carbocycles. The Labute approximate surface area is 184 Å². The van der Waals surface area contributed by atoms with Gasteiger partial charge in [-0.3, -0.25) is 4.79 Å². The standard InChI is InChI=1S/C22H25NO7S/c1-6-29-21(25)18-13(3)19(22(26)30-7-2)31-20(18)23-17(24)11-8-14-12-15(27-4)9-10-16(14)28-5/h8-12H,6-7H2,1-5H3,(H,23,24)/b11-8+. The molecule has 0 fully saturated rings. The van der Waals surface area contributed by atoms with Gasteiger partial charge in [-0.25, -0.2) is 9.59 Å². The molecule has 9 heteroatoms. The van der Waals surface area contributed by atoms with Crippen molar-refractivity contribution >= 4 is 40.3 Å². The van der Waals surface area contributed by atoms with Crippen molar-refractivity contribution < 1.29 is 33.3 Å². The molecule has 0 bridgehead atoms. The fourth-order valence-corrected chi connectivity index (χ4v) is 3.82. The van der Waals surface area contributed by atoms with Gasteiger partial charge in [0.25, 0.3) is 0 Å². The second kappa shape index (κ2) is 11.2. The molecule has 0 radical (unpaired) electrons. The van der Waals surface area contributed by atoms with E-state index in [0.717, 1.165) is 11.3 Å². The number of nitrogens with one attached hydrogen (secondary N) is 1. The van der Waals surface area contributed by atoms with Crippen LogP contribution in [0.25, 0.3) is 6.08 Å². The molecule has 0 aliphatic heterocycles. The van der Waals surface area contributed by atoms with Crippen LogP contribution in [-0.2, 0) is 14.3 Å². The van der Waals surface area contributed by atoms with Gasteiger partial charge in [-0.1, -0.05) is 0 Å². The number of hydrogen-bond acceptors (Lipinski definition) is 8. The molecular weight excluding hydrogens is 422 g/mol. The van der Waals surface area contributed by atoms with Crippen molar-refractivity contribution in [3.05, 3.63) is 45.8 Å². The molecule has 31 heavy (non-hydrogen) atoms. The van der Waals surface area contributed by atoms with Gasteiger partial charge in [0.1, 0.15) is 21.4 Å². The lowest BCUT2D eigenvalue weighted by Crippen LogP contribution is -2.13. The molecular formula is C22H25NO7S. The third kappa shape index (κ3) is 5.85. The summed E-state index contributed by atoms with van der Waals surface area (Å²) >= 11 is 0.966. The number of rotatable bonds is 9. The number of amides is 1. The molecule has 0 spiro atoms. The predicted molar refractivity (Wildman–Crippen MR) is 118 cm³/mol. The quantitative estimate of drug-likeness (QED) is 0.457. The Morgan fingerprint density at radius 1 is 1.03 bits per heavy atom. The number of benzene rings is 1. The van der Waals surface area contributed by atoms with E-state index in [1.54, 1.807) is 52.2 Å². The molecule has 0 aliphatic rings. The highest BCUT2D eigenvalue weighted by molar-refractivity contribution is 7.18. The summed E-state index contributed by atoms with van der Waals surface area (Å²) in [4.78, 5) is 37.4. The van der Waals surface area contributed by atoms with Gasteiger partial charge in [-0.05, 0) is 50.6 Å². The van der Waals surface area contributed by atoms with E-state index in [9.17, 15) is 14.4 Å². The minimum absolute atomic E-state index is 0.135. The first-order valence-electron chi connectivity index (χ1n) is 9.54. The van der Waals surface area contributed by atoms with Crippen LogP contribution in [0.1, 0.15) is 45.0 Å². The van der Waals surface area contributed by atoms with Crippen molar-refractivity contribution in [3.63, 3.8) is 0 Å². The van der Waals surface area contributed by atoms with Crippen molar-refractivity contribution in [2.45, 2.75) is 20.8 Å². The summed E-state index contributed by atoms with van der Waals surface area (Å²) in [5, 5.41) is 2.87. The fraction of sp³-hybridized carbons (Fsp3) is 0.318. The second-order valence-corrected chi connectivity index (χ2v) is 7.15. The highest BCUT2D eigenvalue weighted by Crippen LogP contribution is 2.34. The van der Waals surface area contributed by atoms with Crippen LogP contribution in [-0.4, -0.2) is 45.3 Å². The third-order valence-electron chi connectivity index (χ3n) is 4.18. The minimum atomic E-state index is -0.624. The SMILES string of the molecule is CCOC(=O)c1sc(NC(=O)/C=C/c2cc(OC)ccc2OC)c(C(=O)OCC)c1C. The van der Waals surface area contributed by atoms with Crippen LogP contribution in [0.4, 0.5) is 5.00 Å². The highest BCUT2D eigenvalue weighted by atomic mass is 32.1. The normalized spacial score (nSPS) is 10.6. The van der Waals surface area contributed by atoms with Gasteiger partial charge in [-0.15, -0.1) is 11.3 Å². The van der Waals surface area contributed by atoms with E-state index in [1.807, 2.05) is 0 Å². The van der Waals surface area contributed by atoms with E-state index in [-0.39, 0.29) is 28.7 Å². The summed E-state index contributed by atoms with van der Waals surface area (Å²) in [6, 6.07) is 5.19. The molecule has 0 atom stereocenters. The Balaban J connectivity index is 2.33. The zero-order chi connectivity index (χ0) is 23.0. The summed E-state index contributed by atoms with van der Waals surface area (Å²) in [5.41, 5.74) is 1.17. The lowest BCUT2D eigenvalue weighted by molar-refractivity contribution is -0.111. The molecule has 2 rings (SSSR count). The third-order valence-corrected chi connectivity index (χ3v) is 5.36. The predicted octanol–water partition coefficient (Wildman–Crippen LogP) is 4.08. The fourth-order valence-electron chi connectivity index (χ4n) is 2.73. The van der Waals surface area contributed by atoms with Gasteiger partial charge in [-0.2, -0.15) is 0 Å². The Morgan fingerprint density at radius 2 is 1.71 bits per heavy atom. The lowest BCUT2D eigenvalue weighted by atomic mass is 10.1. The summed E-state index contributed by atoms with van der Waals surface area (Å²) in [5.74, 6) is -0.507. The first kappa shape index (κ1) is 23.9. The summed E-state index contributed by atoms with van der Waals surface area (Å²) in [6.45, 7) is 5.33. The average Bonchev–Trinajstić information content (AvgIpc) is 3.08. The van der Waals surface area contributed by atoms with Gasteiger partial charge in [0.05, 0.1) is 33.0 Å². The van der Waals surface area contributed by atoms with Gasteiger partial charge < -0.3 is 24.3 Å². The molecule has 1 amide bonds. The van der Waals surface area contributed by atoms with Crippen molar-refractivity contribution in [1.29, 1.82) is 0 Å². The Bertz CT molecular complexity index is 994. The molecule has 2 aromatic rings. The minimum Gasteiger partial charge on any atom is -0.497 e. The average molecular weight is 448 g/mol. The maximum Gasteiger partial charge on any atom is 0.348 e. The first-order chi connectivity index (χ1) is 14.9. The van der Waals surface area contributed by atoms with Crippen molar-refractivity contribution in [2.75, 3.05) is 32.8 Å². The number of ether oxygens (including phenoxy) is 4. The van der Waals surface area contributed by atoms with E-state index in [0.29, 0.717) is 22.6 Å². The maximum atomic E-state index is 12.6. The van der Waals surface area contributed by atoms with Crippen LogP contribution < -0.4 is 14.8 Å². The van der Waals surface area contributed by atoms with Crippen LogP contribution in [0, 0.1) is 6.92 Å². The number of carbonyl (C=O) groups is 3. The van der Waals surface area contributed by atoms with Gasteiger partial charge in [0.15, 0.2) is 0 Å². The van der Waals surface area contributed by atoms with E-state index < -0.39 is 17.8 Å². The maximum absolute atomic E-state index is 12.6. The topological polar surface area (TPSA) is 100 Å². The Hall–Kier alpha value is -3.33. The molecule has 1 N–H and O–H groups in total. The molecule has 0 saturated heterocycles. The molecule has 1 heterocycles. The summed E-state index contributed by atoms with van der Waals surface area (Å²) in [7, 11) is 3.06. The van der Waals surface area contributed by atoms with Gasteiger partial charge in [0, 0.05) is 11.6 Å². The molecule has 0 aliphatic carbocycles. The first-order valence-corrected chi connectivity index (χ1v) is 10.4. The molecule has 0 unspecified atom stereocenters. The number of hydrogen-bond donors (Lipinski definition) is 1. The molecule has 8 nitrogen and oxygen atoms in total. The zero-order valence-corrected chi connectivity index (χ0v) is 18.9. The molecule has 166 valence electrons. The van der Waals surface area contributed by atoms with Crippen LogP contribution in [0.5, 0.6) is 11.5 Å². The number of esters is 2. The Kier molecular flexibility index (Phi) is 8.63.